The summed E-state index contributed by atoms with van der Waals surface area (Å²) in [5.74, 6) is 0.992. The van der Waals surface area contributed by atoms with Crippen LogP contribution in [-0.2, 0) is 0 Å². The molecule has 1 aromatic heterocycles. The molecule has 6 heteroatoms. The van der Waals surface area contributed by atoms with Gasteiger partial charge in [0.05, 0.1) is 0 Å². The minimum absolute atomic E-state index is 0. The molecule has 0 radical (unpaired) electrons. The van der Waals surface area contributed by atoms with Gasteiger partial charge in [-0.1, -0.05) is 24.3 Å². The standard InChI is InChI=1S/C20H25N3OS.ClH/c1-14-4-2-3-5-17(14)19-22-18(13-25-19)20(24)23-10-8-16(9-11-23)21-12-15-6-7-15;/h2-5,13,15-16,21H,6-12H2,1H3;1H. The molecule has 2 heterocycles. The Morgan fingerprint density at radius 1 is 1.23 bits per heavy atom. The first-order chi connectivity index (χ1) is 12.2. The van der Waals surface area contributed by atoms with E-state index in [1.165, 1.54) is 18.4 Å². The lowest BCUT2D eigenvalue weighted by Crippen LogP contribution is -2.45. The van der Waals surface area contributed by atoms with Crippen LogP contribution in [0.2, 0.25) is 0 Å². The molecule has 1 aliphatic heterocycles. The topological polar surface area (TPSA) is 45.2 Å². The highest BCUT2D eigenvalue weighted by Crippen LogP contribution is 2.29. The Hall–Kier alpha value is -1.43. The molecule has 1 amide bonds. The van der Waals surface area contributed by atoms with Crippen molar-refractivity contribution in [3.05, 3.63) is 40.9 Å². The highest BCUT2D eigenvalue weighted by Gasteiger charge is 2.27. The molecule has 1 N–H and O–H groups in total. The summed E-state index contributed by atoms with van der Waals surface area (Å²) in [6, 6.07) is 8.77. The molecule has 1 aliphatic carbocycles. The molecule has 4 rings (SSSR count). The zero-order valence-electron chi connectivity index (χ0n) is 15.1. The van der Waals surface area contributed by atoms with Gasteiger partial charge in [-0.3, -0.25) is 4.79 Å². The van der Waals surface area contributed by atoms with Crippen molar-refractivity contribution in [1.82, 2.24) is 15.2 Å². The lowest BCUT2D eigenvalue weighted by molar-refractivity contribution is 0.0700. The van der Waals surface area contributed by atoms with Crippen LogP contribution in [0, 0.1) is 12.8 Å². The van der Waals surface area contributed by atoms with E-state index in [4.69, 9.17) is 0 Å². The summed E-state index contributed by atoms with van der Waals surface area (Å²) in [7, 11) is 0. The van der Waals surface area contributed by atoms with Crippen LogP contribution in [0.3, 0.4) is 0 Å². The zero-order chi connectivity index (χ0) is 17.2. The summed E-state index contributed by atoms with van der Waals surface area (Å²) in [5.41, 5.74) is 2.90. The average Bonchev–Trinajstić information content (AvgIpc) is 3.35. The average molecular weight is 392 g/mol. The zero-order valence-corrected chi connectivity index (χ0v) is 16.7. The third-order valence-electron chi connectivity index (χ3n) is 5.27. The number of aromatic nitrogens is 1. The number of benzene rings is 1. The molecule has 1 aromatic carbocycles. The normalized spacial score (nSPS) is 17.8. The second-order valence-corrected chi connectivity index (χ2v) is 8.13. The summed E-state index contributed by atoms with van der Waals surface area (Å²) in [6.45, 7) is 4.90. The molecule has 0 unspecified atom stereocenters. The summed E-state index contributed by atoms with van der Waals surface area (Å²) < 4.78 is 0. The van der Waals surface area contributed by atoms with Crippen molar-refractivity contribution in [3.8, 4) is 10.6 Å². The lowest BCUT2D eigenvalue weighted by Gasteiger charge is -2.32. The van der Waals surface area contributed by atoms with Crippen LogP contribution in [0.15, 0.2) is 29.6 Å². The molecule has 2 aromatic rings. The maximum absolute atomic E-state index is 12.8. The number of hydrogen-bond acceptors (Lipinski definition) is 4. The Balaban J connectivity index is 0.00000196. The fraction of sp³-hybridized carbons (Fsp3) is 0.500. The number of thiazole rings is 1. The van der Waals surface area contributed by atoms with Gasteiger partial charge in [0.15, 0.2) is 0 Å². The fourth-order valence-corrected chi connectivity index (χ4v) is 4.30. The molecule has 0 atom stereocenters. The van der Waals surface area contributed by atoms with Crippen LogP contribution in [0.1, 0.15) is 41.7 Å². The third kappa shape index (κ3) is 4.45. The van der Waals surface area contributed by atoms with Crippen molar-refractivity contribution in [2.45, 2.75) is 38.6 Å². The van der Waals surface area contributed by atoms with Gasteiger partial charge in [0.25, 0.3) is 5.91 Å². The van der Waals surface area contributed by atoms with Crippen molar-refractivity contribution in [3.63, 3.8) is 0 Å². The maximum atomic E-state index is 12.8. The number of carbonyl (C=O) groups is 1. The van der Waals surface area contributed by atoms with E-state index in [2.05, 4.69) is 29.4 Å². The van der Waals surface area contributed by atoms with Crippen LogP contribution in [0.5, 0.6) is 0 Å². The number of nitrogens with zero attached hydrogens (tertiary/aromatic N) is 2. The maximum Gasteiger partial charge on any atom is 0.273 e. The van der Waals surface area contributed by atoms with Gasteiger partial charge in [-0.25, -0.2) is 4.98 Å². The molecule has 26 heavy (non-hydrogen) atoms. The van der Waals surface area contributed by atoms with Crippen LogP contribution in [-0.4, -0.2) is 41.5 Å². The largest absolute Gasteiger partial charge is 0.337 e. The van der Waals surface area contributed by atoms with Crippen LogP contribution >= 0.6 is 23.7 Å². The lowest BCUT2D eigenvalue weighted by atomic mass is 10.0. The number of carbonyl (C=O) groups excluding carboxylic acids is 1. The van der Waals surface area contributed by atoms with Crippen molar-refractivity contribution in [2.24, 2.45) is 5.92 Å². The molecule has 140 valence electrons. The number of nitrogens with one attached hydrogen (secondary N) is 1. The summed E-state index contributed by atoms with van der Waals surface area (Å²) >= 11 is 1.56. The van der Waals surface area contributed by atoms with Gasteiger partial charge in [-0.15, -0.1) is 23.7 Å². The van der Waals surface area contributed by atoms with E-state index in [-0.39, 0.29) is 18.3 Å². The van der Waals surface area contributed by atoms with Crippen molar-refractivity contribution >= 4 is 29.7 Å². The van der Waals surface area contributed by atoms with Gasteiger partial charge in [-0.2, -0.15) is 0 Å². The van der Waals surface area contributed by atoms with Gasteiger partial charge < -0.3 is 10.2 Å². The summed E-state index contributed by atoms with van der Waals surface area (Å²) in [4.78, 5) is 19.3. The van der Waals surface area contributed by atoms with Crippen molar-refractivity contribution in [2.75, 3.05) is 19.6 Å². The van der Waals surface area contributed by atoms with Gasteiger partial charge in [0.2, 0.25) is 0 Å². The molecule has 0 spiro atoms. The highest BCUT2D eigenvalue weighted by molar-refractivity contribution is 7.13. The Morgan fingerprint density at radius 3 is 2.65 bits per heavy atom. The molecule has 2 fully saturated rings. The predicted molar refractivity (Wildman–Crippen MR) is 109 cm³/mol. The van der Waals surface area contributed by atoms with E-state index in [1.54, 1.807) is 11.3 Å². The Bertz CT molecular complexity index is 751. The van der Waals surface area contributed by atoms with Crippen molar-refractivity contribution < 1.29 is 4.79 Å². The second kappa shape index (κ2) is 8.51. The van der Waals surface area contributed by atoms with Crippen LogP contribution in [0.4, 0.5) is 0 Å². The second-order valence-electron chi connectivity index (χ2n) is 7.27. The monoisotopic (exact) mass is 391 g/mol. The Kier molecular flexibility index (Phi) is 6.33. The molecular formula is C20H26ClN3OS. The van der Waals surface area contributed by atoms with Crippen LogP contribution in [0.25, 0.3) is 10.6 Å². The van der Waals surface area contributed by atoms with E-state index >= 15 is 0 Å². The fourth-order valence-electron chi connectivity index (χ4n) is 3.41. The first-order valence-electron chi connectivity index (χ1n) is 9.25. The number of amides is 1. The number of piperidine rings is 1. The summed E-state index contributed by atoms with van der Waals surface area (Å²) in [5, 5.41) is 6.50. The minimum atomic E-state index is 0. The highest BCUT2D eigenvalue weighted by atomic mass is 35.5. The first-order valence-corrected chi connectivity index (χ1v) is 10.1. The van der Waals surface area contributed by atoms with Gasteiger partial charge in [0, 0.05) is 30.1 Å². The van der Waals surface area contributed by atoms with E-state index in [0.29, 0.717) is 11.7 Å². The molecular weight excluding hydrogens is 366 g/mol. The van der Waals surface area contributed by atoms with E-state index < -0.39 is 0 Å². The first kappa shape index (κ1) is 19.3. The molecule has 1 saturated carbocycles. The van der Waals surface area contributed by atoms with E-state index in [1.807, 2.05) is 22.4 Å². The SMILES string of the molecule is Cc1ccccc1-c1nc(C(=O)N2CCC(NCC3CC3)CC2)cs1.Cl. The molecule has 2 aliphatic rings. The van der Waals surface area contributed by atoms with E-state index in [9.17, 15) is 4.79 Å². The summed E-state index contributed by atoms with van der Waals surface area (Å²) in [6.07, 6.45) is 4.87. The van der Waals surface area contributed by atoms with Crippen molar-refractivity contribution in [1.29, 1.82) is 0 Å². The Morgan fingerprint density at radius 2 is 1.96 bits per heavy atom. The van der Waals surface area contributed by atoms with Gasteiger partial charge >= 0.3 is 0 Å². The molecule has 1 saturated heterocycles. The molecule has 0 bridgehead atoms. The Labute approximate surface area is 165 Å². The third-order valence-corrected chi connectivity index (χ3v) is 6.15. The minimum Gasteiger partial charge on any atom is -0.337 e. The van der Waals surface area contributed by atoms with Crippen LogP contribution < -0.4 is 5.32 Å². The number of aryl methyl sites for hydroxylation is 1. The van der Waals surface area contributed by atoms with Gasteiger partial charge in [0.1, 0.15) is 10.7 Å². The number of likely N-dealkylation sites (tertiary alicyclic amines) is 1. The predicted octanol–water partition coefficient (Wildman–Crippen LogP) is 4.14. The number of hydrogen-bond donors (Lipinski definition) is 1. The van der Waals surface area contributed by atoms with Gasteiger partial charge in [-0.05, 0) is 50.6 Å². The quantitative estimate of drug-likeness (QED) is 0.832. The van der Waals surface area contributed by atoms with E-state index in [0.717, 1.165) is 49.0 Å². The number of halogens is 1. The number of rotatable bonds is 5. The smallest absolute Gasteiger partial charge is 0.273 e. The molecule has 4 nitrogen and oxygen atoms in total.